The zero-order valence-electron chi connectivity index (χ0n) is 19.6. The number of anilines is 1. The fourth-order valence-corrected chi connectivity index (χ4v) is 4.42. The standard InChI is InChI=1S/C25H24ClNO7S/c1-5-33-24(29)20-14(2)21(25(30)32-4)35-23(20)27-22(28)16-8-11-18(19(12-16)31-3)34-13-15-6-9-17(26)10-7-15/h6-12H,5,13H2,1-4H3,(H,27,28). The molecule has 0 radical (unpaired) electrons. The molecule has 10 heteroatoms. The number of thiophene rings is 1. The molecule has 35 heavy (non-hydrogen) atoms. The second kappa shape index (κ2) is 11.7. The molecule has 0 aliphatic carbocycles. The first-order valence-corrected chi connectivity index (χ1v) is 11.7. The zero-order chi connectivity index (χ0) is 25.5. The monoisotopic (exact) mass is 517 g/mol. The molecule has 3 aromatic rings. The molecule has 0 fully saturated rings. The normalized spacial score (nSPS) is 10.4. The third kappa shape index (κ3) is 6.12. The van der Waals surface area contributed by atoms with Crippen molar-refractivity contribution < 1.29 is 33.3 Å². The van der Waals surface area contributed by atoms with E-state index in [1.807, 2.05) is 12.1 Å². The number of benzene rings is 2. The zero-order valence-corrected chi connectivity index (χ0v) is 21.2. The summed E-state index contributed by atoms with van der Waals surface area (Å²) in [5.74, 6) is -0.950. The predicted molar refractivity (Wildman–Crippen MR) is 133 cm³/mol. The number of hydrogen-bond donors (Lipinski definition) is 1. The average Bonchev–Trinajstić information content (AvgIpc) is 3.18. The molecule has 0 aliphatic heterocycles. The van der Waals surface area contributed by atoms with E-state index in [-0.39, 0.29) is 34.2 Å². The topological polar surface area (TPSA) is 100 Å². The van der Waals surface area contributed by atoms with Crippen molar-refractivity contribution in [3.8, 4) is 11.5 Å². The maximum absolute atomic E-state index is 13.0. The predicted octanol–water partition coefficient (Wildman–Crippen LogP) is 5.51. The minimum Gasteiger partial charge on any atom is -0.493 e. The molecule has 0 saturated heterocycles. The van der Waals surface area contributed by atoms with Crippen molar-refractivity contribution in [2.24, 2.45) is 0 Å². The van der Waals surface area contributed by atoms with Crippen molar-refractivity contribution in [2.45, 2.75) is 20.5 Å². The van der Waals surface area contributed by atoms with E-state index in [4.69, 9.17) is 30.5 Å². The lowest BCUT2D eigenvalue weighted by atomic mass is 10.1. The molecular weight excluding hydrogens is 494 g/mol. The van der Waals surface area contributed by atoms with Crippen LogP contribution in [0.1, 0.15) is 48.4 Å². The first-order chi connectivity index (χ1) is 16.8. The SMILES string of the molecule is CCOC(=O)c1c(NC(=O)c2ccc(OCc3ccc(Cl)cc3)c(OC)c2)sc(C(=O)OC)c1C. The van der Waals surface area contributed by atoms with Gasteiger partial charge in [-0.25, -0.2) is 9.59 Å². The molecule has 184 valence electrons. The van der Waals surface area contributed by atoms with Gasteiger partial charge in [-0.2, -0.15) is 0 Å². The van der Waals surface area contributed by atoms with Gasteiger partial charge in [0.05, 0.1) is 26.4 Å². The van der Waals surface area contributed by atoms with Crippen molar-refractivity contribution >= 4 is 45.8 Å². The first-order valence-electron chi connectivity index (χ1n) is 10.5. The highest BCUT2D eigenvalue weighted by atomic mass is 35.5. The van der Waals surface area contributed by atoms with Crippen LogP contribution in [0.5, 0.6) is 11.5 Å². The summed E-state index contributed by atoms with van der Waals surface area (Å²) in [6.07, 6.45) is 0. The third-order valence-corrected chi connectivity index (χ3v) is 6.40. The van der Waals surface area contributed by atoms with E-state index in [9.17, 15) is 14.4 Å². The Morgan fingerprint density at radius 2 is 1.71 bits per heavy atom. The molecule has 0 aliphatic rings. The summed E-state index contributed by atoms with van der Waals surface area (Å²) < 4.78 is 21.1. The van der Waals surface area contributed by atoms with Gasteiger partial charge < -0.3 is 24.3 Å². The number of carbonyl (C=O) groups excluding carboxylic acids is 3. The lowest BCUT2D eigenvalue weighted by Gasteiger charge is -2.13. The Hall–Kier alpha value is -3.56. The lowest BCUT2D eigenvalue weighted by molar-refractivity contribution is 0.0527. The van der Waals surface area contributed by atoms with Crippen molar-refractivity contribution in [1.82, 2.24) is 0 Å². The Kier molecular flexibility index (Phi) is 8.73. The summed E-state index contributed by atoms with van der Waals surface area (Å²) >= 11 is 6.85. The molecule has 0 saturated carbocycles. The number of ether oxygens (including phenoxy) is 4. The van der Waals surface area contributed by atoms with Crippen LogP contribution in [0.25, 0.3) is 0 Å². The van der Waals surface area contributed by atoms with E-state index in [1.165, 1.54) is 20.3 Å². The van der Waals surface area contributed by atoms with Gasteiger partial charge in [0.2, 0.25) is 0 Å². The van der Waals surface area contributed by atoms with Gasteiger partial charge in [0.15, 0.2) is 11.5 Å². The number of halogens is 1. The van der Waals surface area contributed by atoms with E-state index in [2.05, 4.69) is 5.32 Å². The summed E-state index contributed by atoms with van der Waals surface area (Å²) in [4.78, 5) is 37.9. The Balaban J connectivity index is 1.83. The summed E-state index contributed by atoms with van der Waals surface area (Å²) in [5.41, 5.74) is 1.67. The molecule has 0 unspecified atom stereocenters. The molecule has 1 N–H and O–H groups in total. The van der Waals surface area contributed by atoms with Crippen LogP contribution in [-0.4, -0.2) is 38.7 Å². The van der Waals surface area contributed by atoms with Crippen molar-refractivity contribution in [1.29, 1.82) is 0 Å². The van der Waals surface area contributed by atoms with E-state index in [0.717, 1.165) is 16.9 Å². The van der Waals surface area contributed by atoms with Crippen LogP contribution in [0, 0.1) is 6.92 Å². The summed E-state index contributed by atoms with van der Waals surface area (Å²) in [6, 6.07) is 12.0. The Morgan fingerprint density at radius 3 is 2.34 bits per heavy atom. The molecule has 8 nitrogen and oxygen atoms in total. The number of rotatable bonds is 9. The van der Waals surface area contributed by atoms with Crippen LogP contribution in [-0.2, 0) is 16.1 Å². The number of hydrogen-bond acceptors (Lipinski definition) is 8. The quantitative estimate of drug-likeness (QED) is 0.373. The molecule has 0 bridgehead atoms. The van der Waals surface area contributed by atoms with E-state index >= 15 is 0 Å². The van der Waals surface area contributed by atoms with E-state index < -0.39 is 17.8 Å². The Bertz CT molecular complexity index is 1240. The number of nitrogens with one attached hydrogen (secondary N) is 1. The van der Waals surface area contributed by atoms with Crippen LogP contribution in [0.15, 0.2) is 42.5 Å². The fraction of sp³-hybridized carbons (Fsp3) is 0.240. The van der Waals surface area contributed by atoms with Gasteiger partial charge >= 0.3 is 11.9 Å². The Morgan fingerprint density at radius 1 is 1.00 bits per heavy atom. The van der Waals surface area contributed by atoms with Crippen molar-refractivity contribution in [3.63, 3.8) is 0 Å². The third-order valence-electron chi connectivity index (χ3n) is 4.96. The second-order valence-electron chi connectivity index (χ2n) is 7.21. The summed E-state index contributed by atoms with van der Waals surface area (Å²) in [7, 11) is 2.71. The van der Waals surface area contributed by atoms with Gasteiger partial charge in [-0.15, -0.1) is 11.3 Å². The van der Waals surface area contributed by atoms with Crippen LogP contribution in [0.2, 0.25) is 5.02 Å². The van der Waals surface area contributed by atoms with Crippen LogP contribution in [0.3, 0.4) is 0 Å². The van der Waals surface area contributed by atoms with Gasteiger partial charge in [0.25, 0.3) is 5.91 Å². The average molecular weight is 518 g/mol. The maximum Gasteiger partial charge on any atom is 0.348 e. The lowest BCUT2D eigenvalue weighted by Crippen LogP contribution is -2.15. The summed E-state index contributed by atoms with van der Waals surface area (Å²) in [6.45, 7) is 3.69. The maximum atomic E-state index is 13.0. The van der Waals surface area contributed by atoms with E-state index in [1.54, 1.807) is 38.1 Å². The van der Waals surface area contributed by atoms with Crippen molar-refractivity contribution in [3.05, 3.63) is 74.6 Å². The van der Waals surface area contributed by atoms with Gasteiger partial charge in [-0.1, -0.05) is 23.7 Å². The van der Waals surface area contributed by atoms with Crippen LogP contribution in [0.4, 0.5) is 5.00 Å². The minimum absolute atomic E-state index is 0.112. The number of carbonyl (C=O) groups is 3. The van der Waals surface area contributed by atoms with Gasteiger partial charge in [-0.3, -0.25) is 4.79 Å². The van der Waals surface area contributed by atoms with Crippen LogP contribution < -0.4 is 14.8 Å². The van der Waals surface area contributed by atoms with Gasteiger partial charge in [0.1, 0.15) is 16.5 Å². The molecular formula is C25H24ClNO7S. The van der Waals surface area contributed by atoms with Crippen molar-refractivity contribution in [2.75, 3.05) is 26.1 Å². The van der Waals surface area contributed by atoms with Gasteiger partial charge in [0, 0.05) is 10.6 Å². The molecule has 2 aromatic carbocycles. The number of amides is 1. The molecule has 0 spiro atoms. The number of methoxy groups -OCH3 is 2. The second-order valence-corrected chi connectivity index (χ2v) is 8.66. The first kappa shape index (κ1) is 26.1. The molecule has 1 amide bonds. The van der Waals surface area contributed by atoms with Crippen LogP contribution >= 0.6 is 22.9 Å². The highest BCUT2D eigenvalue weighted by molar-refractivity contribution is 7.18. The van der Waals surface area contributed by atoms with E-state index in [0.29, 0.717) is 22.1 Å². The molecule has 1 aromatic heterocycles. The van der Waals surface area contributed by atoms with Gasteiger partial charge in [-0.05, 0) is 55.3 Å². The highest BCUT2D eigenvalue weighted by Gasteiger charge is 2.27. The summed E-state index contributed by atoms with van der Waals surface area (Å²) in [5, 5.41) is 3.52. The fourth-order valence-electron chi connectivity index (χ4n) is 3.18. The minimum atomic E-state index is -0.643. The Labute approximate surface area is 211 Å². The highest BCUT2D eigenvalue weighted by Crippen LogP contribution is 2.35. The molecule has 3 rings (SSSR count). The molecule has 0 atom stereocenters. The largest absolute Gasteiger partial charge is 0.493 e. The molecule has 1 heterocycles. The smallest absolute Gasteiger partial charge is 0.348 e. The number of esters is 2.